The Morgan fingerprint density at radius 1 is 1.20 bits per heavy atom. The van der Waals surface area contributed by atoms with Gasteiger partial charge in [0.2, 0.25) is 0 Å². The fraction of sp³-hybridized carbons (Fsp3) is 0.700. The number of ether oxygens (including phenoxy) is 2. The minimum atomic E-state index is -0.166. The lowest BCUT2D eigenvalue weighted by atomic mass is 10.1. The van der Waals surface area contributed by atoms with E-state index >= 15 is 0 Å². The molecule has 3 nitrogen and oxygen atoms in total. The molecule has 2 aliphatic rings. The summed E-state index contributed by atoms with van der Waals surface area (Å²) >= 11 is 4.56. The van der Waals surface area contributed by atoms with Crippen molar-refractivity contribution in [2.75, 3.05) is 8.86 Å². The third-order valence-electron chi connectivity index (χ3n) is 2.63. The van der Waals surface area contributed by atoms with E-state index in [1.807, 2.05) is 0 Å². The fourth-order valence-electron chi connectivity index (χ4n) is 1.83. The van der Waals surface area contributed by atoms with Gasteiger partial charge in [-0.2, -0.15) is 0 Å². The maximum absolute atomic E-state index is 11.6. The van der Waals surface area contributed by atoms with Gasteiger partial charge in [-0.25, -0.2) is 4.79 Å². The van der Waals surface area contributed by atoms with Crippen LogP contribution in [0.15, 0.2) is 11.3 Å². The maximum Gasteiger partial charge on any atom is 0.337 e. The Morgan fingerprint density at radius 3 is 2.47 bits per heavy atom. The molecule has 0 aromatic rings. The molecule has 5 heteroatoms. The first kappa shape index (κ1) is 11.9. The maximum atomic E-state index is 11.6. The van der Waals surface area contributed by atoms with Crippen LogP contribution in [0, 0.1) is 0 Å². The molecule has 2 atom stereocenters. The van der Waals surface area contributed by atoms with Crippen molar-refractivity contribution >= 4 is 51.2 Å². The number of carbonyl (C=O) groups excluding carboxylic acids is 1. The highest BCUT2D eigenvalue weighted by Crippen LogP contribution is 2.33. The number of allylic oxidation sites excluding steroid dienone is 1. The number of alkyl halides is 2. The topological polar surface area (TPSA) is 35.5 Å². The minimum Gasteiger partial charge on any atom is -0.493 e. The van der Waals surface area contributed by atoms with Crippen LogP contribution in [0.25, 0.3) is 0 Å². The molecule has 0 aromatic heterocycles. The molecule has 0 spiro atoms. The fourth-order valence-corrected chi connectivity index (χ4v) is 2.94. The van der Waals surface area contributed by atoms with Crippen LogP contribution in [0.2, 0.25) is 0 Å². The summed E-state index contributed by atoms with van der Waals surface area (Å²) < 4.78 is 12.8. The normalized spacial score (nSPS) is 35.5. The molecule has 15 heavy (non-hydrogen) atoms. The van der Waals surface area contributed by atoms with Gasteiger partial charge in [0.1, 0.15) is 18.0 Å². The number of rotatable bonds is 2. The van der Waals surface area contributed by atoms with Gasteiger partial charge >= 0.3 is 5.97 Å². The van der Waals surface area contributed by atoms with Gasteiger partial charge in [0.05, 0.1) is 5.57 Å². The van der Waals surface area contributed by atoms with Crippen molar-refractivity contribution < 1.29 is 14.3 Å². The Labute approximate surface area is 116 Å². The summed E-state index contributed by atoms with van der Waals surface area (Å²) in [5.74, 6) is 0.717. The zero-order chi connectivity index (χ0) is 10.8. The first-order valence-corrected chi connectivity index (χ1v) is 8.01. The predicted octanol–water partition coefficient (Wildman–Crippen LogP) is 2.61. The molecule has 0 N–H and O–H groups in total. The van der Waals surface area contributed by atoms with E-state index < -0.39 is 0 Å². The Bertz CT molecular complexity index is 301. The van der Waals surface area contributed by atoms with Crippen LogP contribution in [-0.4, -0.2) is 27.0 Å². The number of cyclic esters (lactones) is 1. The molecule has 2 rings (SSSR count). The smallest absolute Gasteiger partial charge is 0.337 e. The van der Waals surface area contributed by atoms with E-state index in [0.717, 1.165) is 39.4 Å². The highest BCUT2D eigenvalue weighted by atomic mass is 127. The molecule has 0 aliphatic carbocycles. The molecule has 0 aromatic carbocycles. The molecule has 0 amide bonds. The highest BCUT2D eigenvalue weighted by Gasteiger charge is 2.34. The summed E-state index contributed by atoms with van der Waals surface area (Å²) in [4.78, 5) is 11.6. The summed E-state index contributed by atoms with van der Waals surface area (Å²) in [6, 6.07) is 0. The van der Waals surface area contributed by atoms with Crippen LogP contribution in [-0.2, 0) is 14.3 Å². The van der Waals surface area contributed by atoms with Crippen molar-refractivity contribution in [1.29, 1.82) is 0 Å². The van der Waals surface area contributed by atoms with Gasteiger partial charge in [0, 0.05) is 21.7 Å². The second-order valence-electron chi connectivity index (χ2n) is 3.72. The standard InChI is InChI=1S/C10H12I2O3/c11-4-6-1-2-9(14-6)8-3-7(5-12)15-10(8)13/h6-7H,1-5H2/b9-8+. The van der Waals surface area contributed by atoms with Crippen molar-refractivity contribution in [3.63, 3.8) is 0 Å². The summed E-state index contributed by atoms with van der Waals surface area (Å²) in [6.45, 7) is 0. The SMILES string of the molecule is O=C1OC(CI)C/C1=C1/CCC(CI)O1. The van der Waals surface area contributed by atoms with Crippen LogP contribution in [0.1, 0.15) is 19.3 Å². The number of carbonyl (C=O) groups is 1. The monoisotopic (exact) mass is 434 g/mol. The Morgan fingerprint density at radius 2 is 1.93 bits per heavy atom. The van der Waals surface area contributed by atoms with E-state index in [4.69, 9.17) is 9.47 Å². The molecule has 0 radical (unpaired) electrons. The van der Waals surface area contributed by atoms with E-state index in [1.54, 1.807) is 0 Å². The van der Waals surface area contributed by atoms with Gasteiger partial charge in [-0.15, -0.1) is 0 Å². The van der Waals surface area contributed by atoms with Crippen LogP contribution in [0.3, 0.4) is 0 Å². The molecule has 2 saturated heterocycles. The van der Waals surface area contributed by atoms with Crippen LogP contribution in [0.4, 0.5) is 0 Å². The minimum absolute atomic E-state index is 0.0582. The van der Waals surface area contributed by atoms with E-state index in [1.165, 1.54) is 0 Å². The van der Waals surface area contributed by atoms with Crippen molar-refractivity contribution in [1.82, 2.24) is 0 Å². The Hall–Kier alpha value is 0.470. The quantitative estimate of drug-likeness (QED) is 0.290. The van der Waals surface area contributed by atoms with E-state index in [-0.39, 0.29) is 12.1 Å². The van der Waals surface area contributed by atoms with Gasteiger partial charge in [-0.1, -0.05) is 45.2 Å². The van der Waals surface area contributed by atoms with Gasteiger partial charge < -0.3 is 9.47 Å². The lowest BCUT2D eigenvalue weighted by Crippen LogP contribution is -2.07. The lowest BCUT2D eigenvalue weighted by Gasteiger charge is -2.06. The Balaban J connectivity index is 2.10. The number of halogens is 2. The molecular formula is C10H12I2O3. The summed E-state index contributed by atoms with van der Waals surface area (Å²) in [5, 5.41) is 0. The molecule has 2 aliphatic heterocycles. The average molecular weight is 434 g/mol. The highest BCUT2D eigenvalue weighted by molar-refractivity contribution is 14.1. The first-order chi connectivity index (χ1) is 7.24. The van der Waals surface area contributed by atoms with Crippen molar-refractivity contribution in [2.45, 2.75) is 31.5 Å². The number of esters is 1. The largest absolute Gasteiger partial charge is 0.493 e. The summed E-state index contributed by atoms with van der Waals surface area (Å²) in [6.07, 6.45) is 3.00. The predicted molar refractivity (Wildman–Crippen MR) is 73.4 cm³/mol. The number of hydrogen-bond acceptors (Lipinski definition) is 3. The molecule has 2 heterocycles. The van der Waals surface area contributed by atoms with Crippen molar-refractivity contribution in [3.8, 4) is 0 Å². The molecule has 2 unspecified atom stereocenters. The van der Waals surface area contributed by atoms with Crippen LogP contribution >= 0.6 is 45.2 Å². The van der Waals surface area contributed by atoms with Gasteiger partial charge in [-0.05, 0) is 6.42 Å². The molecule has 0 bridgehead atoms. The first-order valence-electron chi connectivity index (χ1n) is 4.96. The zero-order valence-electron chi connectivity index (χ0n) is 8.17. The van der Waals surface area contributed by atoms with Gasteiger partial charge in [-0.3, -0.25) is 0 Å². The van der Waals surface area contributed by atoms with Crippen molar-refractivity contribution in [3.05, 3.63) is 11.3 Å². The third kappa shape index (κ3) is 2.59. The van der Waals surface area contributed by atoms with E-state index in [2.05, 4.69) is 45.2 Å². The third-order valence-corrected chi connectivity index (χ3v) is 4.60. The van der Waals surface area contributed by atoms with Gasteiger partial charge in [0.15, 0.2) is 0 Å². The summed E-state index contributed by atoms with van der Waals surface area (Å²) in [7, 11) is 0. The average Bonchev–Trinajstić information content (AvgIpc) is 2.83. The van der Waals surface area contributed by atoms with Crippen LogP contribution in [0.5, 0.6) is 0 Å². The zero-order valence-corrected chi connectivity index (χ0v) is 12.5. The van der Waals surface area contributed by atoms with Crippen LogP contribution < -0.4 is 0 Å². The van der Waals surface area contributed by atoms with E-state index in [9.17, 15) is 4.79 Å². The number of hydrogen-bond donors (Lipinski definition) is 0. The Kier molecular flexibility index (Phi) is 4.14. The molecule has 2 fully saturated rings. The molecule has 0 saturated carbocycles. The second kappa shape index (κ2) is 5.20. The van der Waals surface area contributed by atoms with Gasteiger partial charge in [0.25, 0.3) is 0 Å². The lowest BCUT2D eigenvalue weighted by molar-refractivity contribution is -0.138. The van der Waals surface area contributed by atoms with E-state index in [0.29, 0.717) is 6.10 Å². The second-order valence-corrected chi connectivity index (χ2v) is 5.48. The van der Waals surface area contributed by atoms with Crippen molar-refractivity contribution in [2.24, 2.45) is 0 Å². The molecule has 84 valence electrons. The molecular weight excluding hydrogens is 422 g/mol. The summed E-state index contributed by atoms with van der Waals surface area (Å²) in [5.41, 5.74) is 0.781.